The molecule has 1 amide bonds. The molecule has 0 bridgehead atoms. The molecule has 1 N–H and O–H groups in total. The van der Waals surface area contributed by atoms with Crippen LogP contribution in [0.5, 0.6) is 0 Å². The van der Waals surface area contributed by atoms with Crippen LogP contribution in [0, 0.1) is 12.8 Å². The molecule has 0 aliphatic carbocycles. The van der Waals surface area contributed by atoms with Crippen molar-refractivity contribution >= 4 is 22.5 Å². The van der Waals surface area contributed by atoms with Gasteiger partial charge in [0.2, 0.25) is 0 Å². The average Bonchev–Trinajstić information content (AvgIpc) is 3.08. The van der Waals surface area contributed by atoms with Gasteiger partial charge in [-0.15, -0.1) is 10.2 Å². The lowest BCUT2D eigenvalue weighted by molar-refractivity contribution is 0.0924. The molecule has 1 atom stereocenters. The molecule has 0 radical (unpaired) electrons. The van der Waals surface area contributed by atoms with Gasteiger partial charge >= 0.3 is 0 Å². The molecule has 136 valence electrons. The van der Waals surface area contributed by atoms with Gasteiger partial charge in [0.15, 0.2) is 11.5 Å². The topological polar surface area (TPSA) is 72.2 Å². The summed E-state index contributed by atoms with van der Waals surface area (Å²) in [5.74, 6) is 0.739. The largest absolute Gasteiger partial charge is 0.342 e. The molecule has 6 nitrogen and oxygen atoms in total. The Balaban J connectivity index is 1.74. The first kappa shape index (κ1) is 17.1. The van der Waals surface area contributed by atoms with E-state index in [1.807, 2.05) is 66.1 Å². The standard InChI is InChI=1S/C21H21N5O/c1-13(2)19(20-25-24-18-10-6-7-11-26(18)20)23-21(27)16-12-14(3)22-17-9-5-4-8-15(16)17/h4-13,19H,1-3H3,(H,23,27). The predicted octanol–water partition coefficient (Wildman–Crippen LogP) is 3.71. The van der Waals surface area contributed by atoms with Crippen molar-refractivity contribution in [2.75, 3.05) is 0 Å². The van der Waals surface area contributed by atoms with E-state index in [-0.39, 0.29) is 17.9 Å². The summed E-state index contributed by atoms with van der Waals surface area (Å²) >= 11 is 0. The minimum absolute atomic E-state index is 0.136. The predicted molar refractivity (Wildman–Crippen MR) is 105 cm³/mol. The summed E-state index contributed by atoms with van der Waals surface area (Å²) in [5.41, 5.74) is 3.01. The highest BCUT2D eigenvalue weighted by Gasteiger charge is 2.25. The summed E-state index contributed by atoms with van der Waals surface area (Å²) in [7, 11) is 0. The van der Waals surface area contributed by atoms with E-state index in [1.54, 1.807) is 0 Å². The van der Waals surface area contributed by atoms with Crippen LogP contribution >= 0.6 is 0 Å². The van der Waals surface area contributed by atoms with Gasteiger partial charge in [0.25, 0.3) is 5.91 Å². The molecule has 4 aromatic rings. The summed E-state index contributed by atoms with van der Waals surface area (Å²) < 4.78 is 1.92. The zero-order chi connectivity index (χ0) is 19.0. The van der Waals surface area contributed by atoms with Gasteiger partial charge in [-0.2, -0.15) is 0 Å². The molecule has 0 aliphatic rings. The number of fused-ring (bicyclic) bond motifs is 2. The summed E-state index contributed by atoms with van der Waals surface area (Å²) in [4.78, 5) is 17.7. The van der Waals surface area contributed by atoms with Crippen molar-refractivity contribution in [1.82, 2.24) is 24.9 Å². The second kappa shape index (κ2) is 6.79. The number of carbonyl (C=O) groups excluding carboxylic acids is 1. The van der Waals surface area contributed by atoms with E-state index in [1.165, 1.54) is 0 Å². The van der Waals surface area contributed by atoms with Crippen molar-refractivity contribution < 1.29 is 4.79 Å². The minimum atomic E-state index is -0.262. The number of amides is 1. The number of benzene rings is 1. The van der Waals surface area contributed by atoms with E-state index >= 15 is 0 Å². The van der Waals surface area contributed by atoms with Gasteiger partial charge in [-0.1, -0.05) is 38.1 Å². The molecular weight excluding hydrogens is 338 g/mol. The van der Waals surface area contributed by atoms with Crippen LogP contribution in [0.15, 0.2) is 54.7 Å². The van der Waals surface area contributed by atoms with Gasteiger partial charge in [0.1, 0.15) is 0 Å². The summed E-state index contributed by atoms with van der Waals surface area (Å²) in [5, 5.41) is 12.5. The van der Waals surface area contributed by atoms with E-state index in [0.29, 0.717) is 5.56 Å². The third-order valence-corrected chi connectivity index (χ3v) is 4.66. The number of rotatable bonds is 4. The lowest BCUT2D eigenvalue weighted by Crippen LogP contribution is -2.33. The number of aryl methyl sites for hydroxylation is 1. The molecule has 0 saturated heterocycles. The second-order valence-electron chi connectivity index (χ2n) is 7.01. The highest BCUT2D eigenvalue weighted by atomic mass is 16.1. The molecule has 3 heterocycles. The Morgan fingerprint density at radius 3 is 2.67 bits per heavy atom. The second-order valence-corrected chi connectivity index (χ2v) is 7.01. The molecule has 1 aromatic carbocycles. The van der Waals surface area contributed by atoms with Crippen LogP contribution in [0.25, 0.3) is 16.6 Å². The van der Waals surface area contributed by atoms with Crippen molar-refractivity contribution in [2.45, 2.75) is 26.8 Å². The van der Waals surface area contributed by atoms with Crippen LogP contribution < -0.4 is 5.32 Å². The zero-order valence-electron chi connectivity index (χ0n) is 15.5. The van der Waals surface area contributed by atoms with Crippen molar-refractivity contribution in [3.63, 3.8) is 0 Å². The quantitative estimate of drug-likeness (QED) is 0.603. The molecule has 0 saturated carbocycles. The maximum absolute atomic E-state index is 13.2. The van der Waals surface area contributed by atoms with E-state index in [9.17, 15) is 4.79 Å². The third kappa shape index (κ3) is 3.14. The molecule has 6 heteroatoms. The fourth-order valence-corrected chi connectivity index (χ4v) is 3.32. The molecule has 0 spiro atoms. The zero-order valence-corrected chi connectivity index (χ0v) is 15.5. The van der Waals surface area contributed by atoms with Gasteiger partial charge in [0.05, 0.1) is 17.1 Å². The molecule has 27 heavy (non-hydrogen) atoms. The van der Waals surface area contributed by atoms with Crippen LogP contribution in [0.2, 0.25) is 0 Å². The van der Waals surface area contributed by atoms with Crippen molar-refractivity contribution in [3.05, 3.63) is 71.8 Å². The van der Waals surface area contributed by atoms with E-state index in [0.717, 1.165) is 28.1 Å². The fraction of sp³-hybridized carbons (Fsp3) is 0.238. The Bertz CT molecular complexity index is 1130. The number of hydrogen-bond acceptors (Lipinski definition) is 4. The molecule has 1 unspecified atom stereocenters. The van der Waals surface area contributed by atoms with Crippen LogP contribution in [-0.2, 0) is 0 Å². The molecule has 4 rings (SSSR count). The van der Waals surface area contributed by atoms with E-state index < -0.39 is 0 Å². The smallest absolute Gasteiger partial charge is 0.252 e. The van der Waals surface area contributed by atoms with Gasteiger partial charge in [0, 0.05) is 17.3 Å². The summed E-state index contributed by atoms with van der Waals surface area (Å²) in [6, 6.07) is 15.0. The first-order chi connectivity index (χ1) is 13.0. The molecular formula is C21H21N5O. The Morgan fingerprint density at radius 2 is 1.85 bits per heavy atom. The normalized spacial score (nSPS) is 12.6. The van der Waals surface area contributed by atoms with Gasteiger partial charge < -0.3 is 5.32 Å². The van der Waals surface area contributed by atoms with E-state index in [4.69, 9.17) is 0 Å². The van der Waals surface area contributed by atoms with Crippen molar-refractivity contribution in [2.24, 2.45) is 5.92 Å². The Hall–Kier alpha value is -3.28. The van der Waals surface area contributed by atoms with Crippen LogP contribution in [0.1, 0.15) is 41.8 Å². The Labute approximate surface area is 157 Å². The van der Waals surface area contributed by atoms with Gasteiger partial charge in [-0.3, -0.25) is 14.2 Å². The molecule has 3 aromatic heterocycles. The number of aromatic nitrogens is 4. The lowest BCUT2D eigenvalue weighted by Gasteiger charge is -2.21. The van der Waals surface area contributed by atoms with Crippen LogP contribution in [0.3, 0.4) is 0 Å². The average molecular weight is 359 g/mol. The Morgan fingerprint density at radius 1 is 1.07 bits per heavy atom. The van der Waals surface area contributed by atoms with Crippen LogP contribution in [0.4, 0.5) is 0 Å². The maximum Gasteiger partial charge on any atom is 0.252 e. The summed E-state index contributed by atoms with van der Waals surface area (Å²) in [6.45, 7) is 6.02. The number of pyridine rings is 2. The SMILES string of the molecule is Cc1cc(C(=O)NC(c2nnc3ccccn23)C(C)C)c2ccccc2n1. The van der Waals surface area contributed by atoms with E-state index in [2.05, 4.69) is 34.3 Å². The highest BCUT2D eigenvalue weighted by molar-refractivity contribution is 6.06. The van der Waals surface area contributed by atoms with Crippen molar-refractivity contribution in [1.29, 1.82) is 0 Å². The molecule has 0 fully saturated rings. The summed E-state index contributed by atoms with van der Waals surface area (Å²) in [6.07, 6.45) is 1.91. The highest BCUT2D eigenvalue weighted by Crippen LogP contribution is 2.23. The fourth-order valence-electron chi connectivity index (χ4n) is 3.32. The number of nitrogens with one attached hydrogen (secondary N) is 1. The number of carbonyl (C=O) groups is 1. The van der Waals surface area contributed by atoms with Gasteiger partial charge in [-0.05, 0) is 37.1 Å². The maximum atomic E-state index is 13.2. The lowest BCUT2D eigenvalue weighted by atomic mass is 10.0. The third-order valence-electron chi connectivity index (χ3n) is 4.66. The first-order valence-electron chi connectivity index (χ1n) is 9.01. The monoisotopic (exact) mass is 359 g/mol. The number of hydrogen-bond donors (Lipinski definition) is 1. The first-order valence-corrected chi connectivity index (χ1v) is 9.01. The Kier molecular flexibility index (Phi) is 4.32. The van der Waals surface area contributed by atoms with Gasteiger partial charge in [-0.25, -0.2) is 0 Å². The minimum Gasteiger partial charge on any atom is -0.342 e. The number of nitrogens with zero attached hydrogens (tertiary/aromatic N) is 4. The van der Waals surface area contributed by atoms with Crippen LogP contribution in [-0.4, -0.2) is 25.5 Å². The molecule has 0 aliphatic heterocycles. The number of para-hydroxylation sites is 1. The van der Waals surface area contributed by atoms with Crippen molar-refractivity contribution in [3.8, 4) is 0 Å².